The van der Waals surface area contributed by atoms with Gasteiger partial charge in [-0.2, -0.15) is 0 Å². The quantitative estimate of drug-likeness (QED) is 0.199. The van der Waals surface area contributed by atoms with E-state index in [0.717, 1.165) is 0 Å². The number of hydrogen-bond acceptors (Lipinski definition) is 0. The maximum Gasteiger partial charge on any atom is 0.0746 e. The topological polar surface area (TPSA) is 4.93 Å². The average molecular weight is 558 g/mol. The first kappa shape index (κ1) is 23.9. The van der Waals surface area contributed by atoms with E-state index in [0.29, 0.717) is 0 Å². The molecule has 8 aromatic rings. The lowest BCUT2D eigenvalue weighted by Gasteiger charge is -2.31. The molecule has 1 heteroatoms. The van der Waals surface area contributed by atoms with E-state index >= 15 is 0 Å². The molecule has 0 unspecified atom stereocenters. The monoisotopic (exact) mass is 557 g/mol. The second-order valence-corrected chi connectivity index (χ2v) is 12.0. The highest BCUT2D eigenvalue weighted by molar-refractivity contribution is 6.14. The van der Waals surface area contributed by atoms with Crippen molar-refractivity contribution in [2.24, 2.45) is 0 Å². The Labute approximate surface area is 256 Å². The highest BCUT2D eigenvalue weighted by Crippen LogP contribution is 2.64. The van der Waals surface area contributed by atoms with E-state index in [4.69, 9.17) is 0 Å². The average Bonchev–Trinajstić information content (AvgIpc) is 3.71. The van der Waals surface area contributed by atoms with Crippen molar-refractivity contribution in [3.63, 3.8) is 0 Å². The van der Waals surface area contributed by atoms with Gasteiger partial charge in [0, 0.05) is 22.0 Å². The molecule has 10 rings (SSSR count). The zero-order valence-corrected chi connectivity index (χ0v) is 24.0. The van der Waals surface area contributed by atoms with Crippen molar-refractivity contribution in [1.29, 1.82) is 0 Å². The zero-order chi connectivity index (χ0) is 28.8. The molecule has 44 heavy (non-hydrogen) atoms. The van der Waals surface area contributed by atoms with Gasteiger partial charge in [0.05, 0.1) is 16.4 Å². The summed E-state index contributed by atoms with van der Waals surface area (Å²) < 4.78 is 2.53. The molecule has 0 atom stereocenters. The summed E-state index contributed by atoms with van der Waals surface area (Å²) in [7, 11) is 0. The standard InChI is InChI=1S/C43H27N/c1-2-13-28(14-3-1)29-15-12-16-30(27-29)44-40-24-11-7-20-34(40)36-26-25-35-33-19-6-10-23-39(33)43(41(35)42(36)44)37-21-8-4-17-31(37)32-18-5-9-22-38(32)43/h1-27H. The number of fused-ring (bicyclic) bond motifs is 14. The fourth-order valence-electron chi connectivity index (χ4n) is 8.36. The molecule has 0 radical (unpaired) electrons. The van der Waals surface area contributed by atoms with Crippen LogP contribution in [0.4, 0.5) is 0 Å². The Hall–Kier alpha value is -5.66. The van der Waals surface area contributed by atoms with E-state index in [1.807, 2.05) is 0 Å². The van der Waals surface area contributed by atoms with Crippen molar-refractivity contribution >= 4 is 21.8 Å². The summed E-state index contributed by atoms with van der Waals surface area (Å²) in [4.78, 5) is 0. The molecule has 1 aromatic heterocycles. The van der Waals surface area contributed by atoms with Crippen LogP contribution < -0.4 is 0 Å². The number of rotatable bonds is 2. The lowest BCUT2D eigenvalue weighted by Crippen LogP contribution is -2.26. The molecular weight excluding hydrogens is 530 g/mol. The van der Waals surface area contributed by atoms with Crippen molar-refractivity contribution in [3.8, 4) is 39.1 Å². The number of benzene rings is 7. The Kier molecular flexibility index (Phi) is 4.71. The molecule has 2 aliphatic carbocycles. The molecule has 2 aliphatic rings. The van der Waals surface area contributed by atoms with E-state index in [-0.39, 0.29) is 0 Å². The number of nitrogens with zero attached hydrogens (tertiary/aromatic N) is 1. The van der Waals surface area contributed by atoms with E-state index in [1.165, 1.54) is 83.1 Å². The van der Waals surface area contributed by atoms with Gasteiger partial charge in [-0.25, -0.2) is 0 Å². The van der Waals surface area contributed by atoms with Gasteiger partial charge in [-0.1, -0.05) is 146 Å². The van der Waals surface area contributed by atoms with Gasteiger partial charge >= 0.3 is 0 Å². The fourth-order valence-corrected chi connectivity index (χ4v) is 8.36. The molecule has 0 N–H and O–H groups in total. The Morgan fingerprint density at radius 2 is 0.955 bits per heavy atom. The van der Waals surface area contributed by atoms with Crippen LogP contribution in [0.2, 0.25) is 0 Å². The minimum absolute atomic E-state index is 0.415. The van der Waals surface area contributed by atoms with Crippen LogP contribution in [0.15, 0.2) is 164 Å². The van der Waals surface area contributed by atoms with Crippen molar-refractivity contribution < 1.29 is 0 Å². The fraction of sp³-hybridized carbons (Fsp3) is 0.0233. The van der Waals surface area contributed by atoms with Crippen molar-refractivity contribution in [2.75, 3.05) is 0 Å². The van der Waals surface area contributed by atoms with Crippen LogP contribution in [0.1, 0.15) is 22.3 Å². The summed E-state index contributed by atoms with van der Waals surface area (Å²) >= 11 is 0. The van der Waals surface area contributed by atoms with Gasteiger partial charge in [-0.3, -0.25) is 0 Å². The Morgan fingerprint density at radius 1 is 0.386 bits per heavy atom. The first-order chi connectivity index (χ1) is 21.9. The van der Waals surface area contributed by atoms with Gasteiger partial charge in [0.25, 0.3) is 0 Å². The third-order valence-electron chi connectivity index (χ3n) is 10.00. The maximum atomic E-state index is 2.53. The van der Waals surface area contributed by atoms with E-state index in [9.17, 15) is 0 Å². The second-order valence-electron chi connectivity index (χ2n) is 12.0. The van der Waals surface area contributed by atoms with Crippen LogP contribution in [-0.4, -0.2) is 4.57 Å². The normalized spacial score (nSPS) is 13.6. The van der Waals surface area contributed by atoms with Gasteiger partial charge in [-0.05, 0) is 68.3 Å². The van der Waals surface area contributed by atoms with Gasteiger partial charge in [0.2, 0.25) is 0 Å². The molecule has 204 valence electrons. The molecule has 1 heterocycles. The summed E-state index contributed by atoms with van der Waals surface area (Å²) in [6.07, 6.45) is 0. The van der Waals surface area contributed by atoms with Crippen molar-refractivity contribution in [2.45, 2.75) is 5.41 Å². The first-order valence-electron chi connectivity index (χ1n) is 15.4. The summed E-state index contributed by atoms with van der Waals surface area (Å²) in [5.74, 6) is 0. The third kappa shape index (κ3) is 2.89. The van der Waals surface area contributed by atoms with Crippen LogP contribution in [-0.2, 0) is 5.41 Å². The van der Waals surface area contributed by atoms with Gasteiger partial charge in [-0.15, -0.1) is 0 Å². The zero-order valence-electron chi connectivity index (χ0n) is 24.0. The van der Waals surface area contributed by atoms with Crippen LogP contribution in [0.25, 0.3) is 60.9 Å². The molecule has 0 bridgehead atoms. The highest BCUT2D eigenvalue weighted by Gasteiger charge is 2.53. The van der Waals surface area contributed by atoms with Gasteiger partial charge in [0.15, 0.2) is 0 Å². The molecule has 0 saturated carbocycles. The van der Waals surface area contributed by atoms with E-state index in [2.05, 4.69) is 168 Å². The van der Waals surface area contributed by atoms with Crippen molar-refractivity contribution in [3.05, 3.63) is 186 Å². The van der Waals surface area contributed by atoms with E-state index in [1.54, 1.807) is 0 Å². The third-order valence-corrected chi connectivity index (χ3v) is 10.00. The summed E-state index contributed by atoms with van der Waals surface area (Å²) in [6.45, 7) is 0. The second kappa shape index (κ2) is 8.69. The molecule has 1 spiro atoms. The number of para-hydroxylation sites is 1. The summed E-state index contributed by atoms with van der Waals surface area (Å²) in [5.41, 5.74) is 16.5. The summed E-state index contributed by atoms with van der Waals surface area (Å²) in [5, 5.41) is 2.57. The predicted molar refractivity (Wildman–Crippen MR) is 183 cm³/mol. The Morgan fingerprint density at radius 3 is 1.66 bits per heavy atom. The van der Waals surface area contributed by atoms with Crippen LogP contribution in [0.3, 0.4) is 0 Å². The molecular formula is C43H27N. The smallest absolute Gasteiger partial charge is 0.0746 e. The van der Waals surface area contributed by atoms with Gasteiger partial charge < -0.3 is 4.57 Å². The predicted octanol–water partition coefficient (Wildman–Crippen LogP) is 10.8. The first-order valence-corrected chi connectivity index (χ1v) is 15.4. The number of hydrogen-bond donors (Lipinski definition) is 0. The Balaban J connectivity index is 1.41. The number of aromatic nitrogens is 1. The molecule has 7 aromatic carbocycles. The lowest BCUT2D eigenvalue weighted by atomic mass is 9.70. The minimum atomic E-state index is -0.415. The summed E-state index contributed by atoms with van der Waals surface area (Å²) in [6, 6.07) is 60.6. The van der Waals surface area contributed by atoms with Crippen LogP contribution >= 0.6 is 0 Å². The molecule has 0 saturated heterocycles. The highest BCUT2D eigenvalue weighted by atomic mass is 15.0. The van der Waals surface area contributed by atoms with Crippen LogP contribution in [0, 0.1) is 0 Å². The minimum Gasteiger partial charge on any atom is -0.309 e. The SMILES string of the molecule is c1ccc(-c2cccc(-n3c4ccccc4c4ccc5c(c43)C3(c4ccccc4-c4ccccc43)c3ccccc3-5)c2)cc1. The van der Waals surface area contributed by atoms with Gasteiger partial charge in [0.1, 0.15) is 0 Å². The Bertz CT molecular complexity index is 2380. The van der Waals surface area contributed by atoms with Crippen molar-refractivity contribution in [1.82, 2.24) is 4.57 Å². The molecule has 0 amide bonds. The largest absolute Gasteiger partial charge is 0.309 e. The molecule has 1 nitrogen and oxygen atoms in total. The lowest BCUT2D eigenvalue weighted by molar-refractivity contribution is 0.797. The van der Waals surface area contributed by atoms with E-state index < -0.39 is 5.41 Å². The molecule has 0 aliphatic heterocycles. The molecule has 0 fully saturated rings. The maximum absolute atomic E-state index is 2.53. The van der Waals surface area contributed by atoms with Crippen LogP contribution in [0.5, 0.6) is 0 Å².